The van der Waals surface area contributed by atoms with Gasteiger partial charge in [0.05, 0.1) is 16.3 Å². The minimum atomic E-state index is -3.87. The number of anilines is 1. The zero-order chi connectivity index (χ0) is 19.5. The van der Waals surface area contributed by atoms with E-state index >= 15 is 0 Å². The first-order valence-corrected chi connectivity index (χ1v) is 10.6. The van der Waals surface area contributed by atoms with E-state index in [1.165, 1.54) is 0 Å². The molecule has 0 fully saturated rings. The van der Waals surface area contributed by atoms with Crippen LogP contribution in [0.3, 0.4) is 0 Å². The van der Waals surface area contributed by atoms with E-state index < -0.39 is 15.1 Å². The maximum Gasteiger partial charge on any atom is 0.193 e. The maximum absolute atomic E-state index is 13.7. The van der Waals surface area contributed by atoms with Gasteiger partial charge in [-0.25, -0.2) is 8.42 Å². The van der Waals surface area contributed by atoms with Gasteiger partial charge in [-0.2, -0.15) is 0 Å². The molecule has 1 atom stereocenters. The summed E-state index contributed by atoms with van der Waals surface area (Å²) in [5, 5.41) is 2.62. The molecule has 1 heterocycles. The third-order valence-electron chi connectivity index (χ3n) is 5.15. The molecule has 0 radical (unpaired) electrons. The third-order valence-corrected chi connectivity index (χ3v) is 7.50. The van der Waals surface area contributed by atoms with Crippen LogP contribution in [0.1, 0.15) is 26.7 Å². The Bertz CT molecular complexity index is 1280. The van der Waals surface area contributed by atoms with E-state index in [1.54, 1.807) is 60.7 Å². The topological polar surface area (TPSA) is 63.2 Å². The second kappa shape index (κ2) is 6.06. The van der Waals surface area contributed by atoms with Crippen molar-refractivity contribution in [1.82, 2.24) is 0 Å². The molecule has 6 heteroatoms. The van der Waals surface area contributed by atoms with Gasteiger partial charge in [0.25, 0.3) is 0 Å². The number of carbonyl (C=O) groups is 1. The number of sulfone groups is 1. The normalized spacial score (nSPS) is 19.3. The highest BCUT2D eigenvalue weighted by molar-refractivity contribution is 7.92. The number of fused-ring (bicyclic) bond motifs is 3. The van der Waals surface area contributed by atoms with E-state index in [0.29, 0.717) is 33.1 Å². The van der Waals surface area contributed by atoms with Crippen LogP contribution in [-0.2, 0) is 9.84 Å². The lowest BCUT2D eigenvalue weighted by Gasteiger charge is -2.18. The average molecular weight is 408 g/mol. The summed E-state index contributed by atoms with van der Waals surface area (Å²) < 4.78 is 27.4. The molecule has 3 aromatic rings. The van der Waals surface area contributed by atoms with Gasteiger partial charge in [-0.05, 0) is 29.8 Å². The summed E-state index contributed by atoms with van der Waals surface area (Å²) in [6.07, 6.45) is 0. The second-order valence-corrected chi connectivity index (χ2v) is 9.20. The molecule has 4 nitrogen and oxygen atoms in total. The van der Waals surface area contributed by atoms with Crippen LogP contribution in [-0.4, -0.2) is 14.2 Å². The molecule has 0 spiro atoms. The SMILES string of the molecule is O=C1C2=C(Nc3ccccc3S(=O)(=O)C2c2ccc(Cl)cc2)c2ccccc21. The highest BCUT2D eigenvalue weighted by Crippen LogP contribution is 2.48. The monoisotopic (exact) mass is 407 g/mol. The minimum Gasteiger partial charge on any atom is -0.354 e. The Morgan fingerprint density at radius 1 is 0.821 bits per heavy atom. The van der Waals surface area contributed by atoms with E-state index in [0.717, 1.165) is 0 Å². The van der Waals surface area contributed by atoms with Crippen molar-refractivity contribution < 1.29 is 13.2 Å². The van der Waals surface area contributed by atoms with Crippen molar-refractivity contribution >= 4 is 38.6 Å². The molecule has 2 aliphatic rings. The van der Waals surface area contributed by atoms with Crippen LogP contribution in [0.5, 0.6) is 0 Å². The number of ketones is 1. The lowest BCUT2D eigenvalue weighted by Crippen LogP contribution is -2.19. The zero-order valence-electron chi connectivity index (χ0n) is 14.5. The van der Waals surface area contributed by atoms with Crippen LogP contribution in [0.25, 0.3) is 5.70 Å². The number of hydrogen-bond acceptors (Lipinski definition) is 4. The molecular formula is C22H14ClNO3S. The van der Waals surface area contributed by atoms with E-state index in [9.17, 15) is 13.2 Å². The van der Waals surface area contributed by atoms with Gasteiger partial charge < -0.3 is 5.32 Å². The Hall–Kier alpha value is -2.89. The fourth-order valence-electron chi connectivity index (χ4n) is 3.91. The molecule has 3 aromatic carbocycles. The fourth-order valence-corrected chi connectivity index (χ4v) is 6.03. The number of benzene rings is 3. The molecule has 138 valence electrons. The van der Waals surface area contributed by atoms with Gasteiger partial charge in [0.1, 0.15) is 5.25 Å². The summed E-state index contributed by atoms with van der Waals surface area (Å²) in [6, 6.07) is 20.5. The van der Waals surface area contributed by atoms with Crippen molar-refractivity contribution in [3.8, 4) is 0 Å². The predicted octanol–water partition coefficient (Wildman–Crippen LogP) is 4.89. The van der Waals surface area contributed by atoms with Gasteiger partial charge >= 0.3 is 0 Å². The van der Waals surface area contributed by atoms with E-state index in [4.69, 9.17) is 11.6 Å². The molecule has 1 unspecified atom stereocenters. The van der Waals surface area contributed by atoms with Gasteiger partial charge in [-0.1, -0.05) is 60.1 Å². The Morgan fingerprint density at radius 3 is 2.21 bits per heavy atom. The van der Waals surface area contributed by atoms with Crippen molar-refractivity contribution in [3.63, 3.8) is 0 Å². The van der Waals surface area contributed by atoms with Crippen LogP contribution >= 0.6 is 11.6 Å². The second-order valence-electron chi connectivity index (χ2n) is 6.76. The molecule has 0 saturated heterocycles. The molecule has 28 heavy (non-hydrogen) atoms. The third kappa shape index (κ3) is 2.37. The molecule has 0 saturated carbocycles. The minimum absolute atomic E-state index is 0.176. The Labute approximate surface area is 167 Å². The quantitative estimate of drug-likeness (QED) is 0.624. The summed E-state index contributed by atoms with van der Waals surface area (Å²) in [5.41, 5.74) is 3.00. The standard InChI is InChI=1S/C22H14ClNO3S/c23-14-11-9-13(10-12-14)22-19-20(15-5-1-2-6-16(15)21(19)25)24-17-7-3-4-8-18(17)28(22,26)27/h1-12,22,24H. The zero-order valence-corrected chi connectivity index (χ0v) is 16.1. The molecule has 1 aliphatic carbocycles. The first kappa shape index (κ1) is 17.2. The van der Waals surface area contributed by atoms with E-state index in [2.05, 4.69) is 5.32 Å². The van der Waals surface area contributed by atoms with Crippen LogP contribution < -0.4 is 5.32 Å². The molecule has 0 aromatic heterocycles. The van der Waals surface area contributed by atoms with Crippen molar-refractivity contribution in [2.45, 2.75) is 10.1 Å². The number of halogens is 1. The highest BCUT2D eigenvalue weighted by Gasteiger charge is 2.45. The Kier molecular flexibility index (Phi) is 3.73. The Balaban J connectivity index is 1.86. The largest absolute Gasteiger partial charge is 0.354 e. The van der Waals surface area contributed by atoms with Gasteiger partial charge in [-0.15, -0.1) is 0 Å². The molecule has 1 aliphatic heterocycles. The van der Waals surface area contributed by atoms with Crippen molar-refractivity contribution in [1.29, 1.82) is 0 Å². The number of nitrogens with one attached hydrogen (secondary N) is 1. The summed E-state index contributed by atoms with van der Waals surface area (Å²) in [6.45, 7) is 0. The summed E-state index contributed by atoms with van der Waals surface area (Å²) in [5.74, 6) is -0.269. The summed E-state index contributed by atoms with van der Waals surface area (Å²) in [7, 11) is -3.87. The van der Waals surface area contributed by atoms with Gasteiger partial charge in [0, 0.05) is 21.7 Å². The van der Waals surface area contributed by atoms with Crippen LogP contribution in [0.4, 0.5) is 5.69 Å². The number of hydrogen-bond donors (Lipinski definition) is 1. The predicted molar refractivity (Wildman–Crippen MR) is 109 cm³/mol. The smallest absolute Gasteiger partial charge is 0.193 e. The molecular weight excluding hydrogens is 394 g/mol. The number of carbonyl (C=O) groups excluding carboxylic acids is 1. The summed E-state index contributed by atoms with van der Waals surface area (Å²) in [4.78, 5) is 13.5. The number of rotatable bonds is 1. The number of para-hydroxylation sites is 1. The summed E-state index contributed by atoms with van der Waals surface area (Å²) >= 11 is 6.01. The van der Waals surface area contributed by atoms with Crippen molar-refractivity contribution in [3.05, 3.63) is 100 Å². The molecule has 0 amide bonds. The van der Waals surface area contributed by atoms with Crippen molar-refractivity contribution in [2.24, 2.45) is 0 Å². The van der Waals surface area contributed by atoms with Crippen LogP contribution in [0.2, 0.25) is 5.02 Å². The molecule has 0 bridgehead atoms. The van der Waals surface area contributed by atoms with Crippen LogP contribution in [0, 0.1) is 0 Å². The lowest BCUT2D eigenvalue weighted by atomic mass is 10.0. The fraction of sp³-hybridized carbons (Fsp3) is 0.0455. The lowest BCUT2D eigenvalue weighted by molar-refractivity contribution is 0.103. The highest BCUT2D eigenvalue weighted by atomic mass is 35.5. The van der Waals surface area contributed by atoms with E-state index in [1.807, 2.05) is 12.1 Å². The molecule has 5 rings (SSSR count). The number of Topliss-reactive ketones (excluding diaryl/α,β-unsaturated/α-hetero) is 1. The van der Waals surface area contributed by atoms with Gasteiger partial charge in [0.2, 0.25) is 0 Å². The maximum atomic E-state index is 13.7. The first-order valence-electron chi connectivity index (χ1n) is 8.72. The molecule has 1 N–H and O–H groups in total. The van der Waals surface area contributed by atoms with Crippen molar-refractivity contribution in [2.75, 3.05) is 5.32 Å². The first-order chi connectivity index (χ1) is 13.5. The Morgan fingerprint density at radius 2 is 1.46 bits per heavy atom. The van der Waals surface area contributed by atoms with Gasteiger partial charge in [-0.3, -0.25) is 4.79 Å². The van der Waals surface area contributed by atoms with Gasteiger partial charge in [0.15, 0.2) is 15.6 Å². The van der Waals surface area contributed by atoms with Crippen LogP contribution in [0.15, 0.2) is 83.3 Å². The van der Waals surface area contributed by atoms with E-state index in [-0.39, 0.29) is 16.3 Å². The average Bonchev–Trinajstić information content (AvgIpc) is 2.90.